The fourth-order valence-corrected chi connectivity index (χ4v) is 3.03. The monoisotopic (exact) mass is 328 g/mol. The molecule has 0 radical (unpaired) electrons. The van der Waals surface area contributed by atoms with Gasteiger partial charge in [-0.15, -0.1) is 0 Å². The van der Waals surface area contributed by atoms with Crippen LogP contribution in [0.2, 0.25) is 0 Å². The third-order valence-corrected chi connectivity index (χ3v) is 4.31. The number of H-pyrrole nitrogens is 1. The Morgan fingerprint density at radius 2 is 1.92 bits per heavy atom. The van der Waals surface area contributed by atoms with Crippen LogP contribution in [0.15, 0.2) is 30.7 Å². The van der Waals surface area contributed by atoms with Gasteiger partial charge in [0.25, 0.3) is 0 Å². The number of piperazine rings is 1. The quantitative estimate of drug-likeness (QED) is 0.791. The standard InChI is InChI=1S/C16H17FN6O/c1-24-14-3-2-11(8-13(14)17)22-4-6-23(7-5-22)16-12-9-20-21-15(12)18-10-19-16/h2-3,8-10H,4-7H2,1H3,(H,18,19,20,21). The lowest BCUT2D eigenvalue weighted by Crippen LogP contribution is -2.47. The van der Waals surface area contributed by atoms with E-state index in [2.05, 4.69) is 30.0 Å². The summed E-state index contributed by atoms with van der Waals surface area (Å²) in [5, 5.41) is 7.80. The first-order valence-corrected chi connectivity index (χ1v) is 7.74. The van der Waals surface area contributed by atoms with Crippen molar-refractivity contribution in [2.75, 3.05) is 43.1 Å². The molecule has 124 valence electrons. The van der Waals surface area contributed by atoms with Gasteiger partial charge in [-0.3, -0.25) is 5.10 Å². The number of aromatic nitrogens is 4. The molecule has 2 aromatic heterocycles. The summed E-state index contributed by atoms with van der Waals surface area (Å²) in [7, 11) is 1.47. The third-order valence-electron chi connectivity index (χ3n) is 4.31. The molecule has 1 N–H and O–H groups in total. The Bertz CT molecular complexity index is 859. The molecule has 0 bridgehead atoms. The number of benzene rings is 1. The summed E-state index contributed by atoms with van der Waals surface area (Å²) < 4.78 is 18.9. The molecule has 0 amide bonds. The molecule has 7 nitrogen and oxygen atoms in total. The predicted octanol–water partition coefficient (Wildman–Crippen LogP) is 1.83. The maximum Gasteiger partial charge on any atom is 0.167 e. The first-order valence-electron chi connectivity index (χ1n) is 7.74. The third kappa shape index (κ3) is 2.49. The normalized spacial score (nSPS) is 15.1. The number of ether oxygens (including phenoxy) is 1. The van der Waals surface area contributed by atoms with Crippen molar-refractivity contribution in [3.63, 3.8) is 0 Å². The van der Waals surface area contributed by atoms with E-state index in [-0.39, 0.29) is 11.6 Å². The van der Waals surface area contributed by atoms with Gasteiger partial charge in [-0.05, 0) is 12.1 Å². The average Bonchev–Trinajstić information content (AvgIpc) is 3.10. The van der Waals surface area contributed by atoms with Crippen molar-refractivity contribution in [2.24, 2.45) is 0 Å². The second-order valence-electron chi connectivity index (χ2n) is 5.62. The van der Waals surface area contributed by atoms with Gasteiger partial charge in [0.15, 0.2) is 17.2 Å². The fraction of sp³-hybridized carbons (Fsp3) is 0.312. The second kappa shape index (κ2) is 5.95. The Hall–Kier alpha value is -2.90. The summed E-state index contributed by atoms with van der Waals surface area (Å²) >= 11 is 0. The Kier molecular flexibility index (Phi) is 3.64. The molecule has 1 aliphatic rings. The number of fused-ring (bicyclic) bond motifs is 1. The van der Waals surface area contributed by atoms with Crippen molar-refractivity contribution in [2.45, 2.75) is 0 Å². The van der Waals surface area contributed by atoms with Crippen LogP contribution in [0.3, 0.4) is 0 Å². The van der Waals surface area contributed by atoms with Crippen LogP contribution in [-0.4, -0.2) is 53.5 Å². The lowest BCUT2D eigenvalue weighted by Gasteiger charge is -2.36. The topological polar surface area (TPSA) is 70.2 Å². The first kappa shape index (κ1) is 14.7. The van der Waals surface area contributed by atoms with Gasteiger partial charge < -0.3 is 14.5 Å². The maximum absolute atomic E-state index is 13.9. The Morgan fingerprint density at radius 1 is 1.12 bits per heavy atom. The molecule has 1 fully saturated rings. The zero-order valence-corrected chi connectivity index (χ0v) is 13.2. The number of aromatic amines is 1. The fourth-order valence-electron chi connectivity index (χ4n) is 3.03. The van der Waals surface area contributed by atoms with Crippen LogP contribution < -0.4 is 14.5 Å². The lowest BCUT2D eigenvalue weighted by molar-refractivity contribution is 0.386. The molecule has 3 aromatic rings. The number of nitrogens with zero attached hydrogens (tertiary/aromatic N) is 5. The molecule has 24 heavy (non-hydrogen) atoms. The van der Waals surface area contributed by atoms with Crippen molar-refractivity contribution >= 4 is 22.5 Å². The molecule has 1 aliphatic heterocycles. The van der Waals surface area contributed by atoms with Crippen molar-refractivity contribution < 1.29 is 9.13 Å². The number of hydrogen-bond acceptors (Lipinski definition) is 6. The van der Waals surface area contributed by atoms with Gasteiger partial charge in [-0.1, -0.05) is 0 Å². The minimum atomic E-state index is -0.340. The van der Waals surface area contributed by atoms with Crippen molar-refractivity contribution in [1.29, 1.82) is 0 Å². The van der Waals surface area contributed by atoms with Gasteiger partial charge in [0.05, 0.1) is 18.7 Å². The average molecular weight is 328 g/mol. The van der Waals surface area contributed by atoms with E-state index in [9.17, 15) is 4.39 Å². The van der Waals surface area contributed by atoms with Crippen molar-refractivity contribution in [3.8, 4) is 5.75 Å². The van der Waals surface area contributed by atoms with Crippen LogP contribution in [0.25, 0.3) is 11.0 Å². The molecule has 1 aromatic carbocycles. The molecule has 0 saturated carbocycles. The highest BCUT2D eigenvalue weighted by Crippen LogP contribution is 2.26. The number of halogens is 1. The molecule has 1 saturated heterocycles. The lowest BCUT2D eigenvalue weighted by atomic mass is 10.2. The number of rotatable bonds is 3. The number of nitrogens with one attached hydrogen (secondary N) is 1. The Morgan fingerprint density at radius 3 is 2.67 bits per heavy atom. The number of methoxy groups -OCH3 is 1. The molecule has 0 unspecified atom stereocenters. The molecular formula is C16H17FN6O. The van der Waals surface area contributed by atoms with Crippen molar-refractivity contribution in [3.05, 3.63) is 36.5 Å². The molecule has 0 spiro atoms. The van der Waals surface area contributed by atoms with E-state index in [0.29, 0.717) is 0 Å². The van der Waals surface area contributed by atoms with Crippen LogP contribution in [0.5, 0.6) is 5.75 Å². The Balaban J connectivity index is 1.51. The molecule has 4 rings (SSSR count). The number of hydrogen-bond donors (Lipinski definition) is 1. The minimum absolute atomic E-state index is 0.265. The van der Waals surface area contributed by atoms with E-state index < -0.39 is 0 Å². The van der Waals surface area contributed by atoms with E-state index in [0.717, 1.165) is 48.7 Å². The largest absolute Gasteiger partial charge is 0.494 e. The summed E-state index contributed by atoms with van der Waals surface area (Å²) in [4.78, 5) is 12.9. The summed E-state index contributed by atoms with van der Waals surface area (Å²) in [6.45, 7) is 3.17. The van der Waals surface area contributed by atoms with Gasteiger partial charge in [0, 0.05) is 37.9 Å². The van der Waals surface area contributed by atoms with E-state index in [1.165, 1.54) is 13.2 Å². The first-order chi connectivity index (χ1) is 11.8. The molecule has 0 aliphatic carbocycles. The van der Waals surface area contributed by atoms with Crippen LogP contribution in [-0.2, 0) is 0 Å². The van der Waals surface area contributed by atoms with Gasteiger partial charge in [0.1, 0.15) is 12.1 Å². The molecule has 8 heteroatoms. The summed E-state index contributed by atoms with van der Waals surface area (Å²) in [6.07, 6.45) is 3.29. The molecular weight excluding hydrogens is 311 g/mol. The molecule has 3 heterocycles. The van der Waals surface area contributed by atoms with Crippen LogP contribution in [0.4, 0.5) is 15.9 Å². The highest BCUT2D eigenvalue weighted by molar-refractivity contribution is 5.86. The van der Waals surface area contributed by atoms with Crippen LogP contribution in [0.1, 0.15) is 0 Å². The van der Waals surface area contributed by atoms with E-state index in [1.807, 2.05) is 6.07 Å². The van der Waals surface area contributed by atoms with Gasteiger partial charge in [0.2, 0.25) is 0 Å². The van der Waals surface area contributed by atoms with Crippen LogP contribution in [0, 0.1) is 5.82 Å². The van der Waals surface area contributed by atoms with Crippen LogP contribution >= 0.6 is 0 Å². The summed E-state index contributed by atoms with van der Waals surface area (Å²) in [5.41, 5.74) is 1.60. The van der Waals surface area contributed by atoms with Gasteiger partial charge >= 0.3 is 0 Å². The van der Waals surface area contributed by atoms with E-state index in [1.54, 1.807) is 18.6 Å². The summed E-state index contributed by atoms with van der Waals surface area (Å²) in [5.74, 6) is 0.809. The van der Waals surface area contributed by atoms with Gasteiger partial charge in [-0.2, -0.15) is 5.10 Å². The van der Waals surface area contributed by atoms with Gasteiger partial charge in [-0.25, -0.2) is 14.4 Å². The Labute approximate surface area is 138 Å². The van der Waals surface area contributed by atoms with E-state index >= 15 is 0 Å². The van der Waals surface area contributed by atoms with E-state index in [4.69, 9.17) is 4.74 Å². The smallest absolute Gasteiger partial charge is 0.167 e. The highest BCUT2D eigenvalue weighted by atomic mass is 19.1. The SMILES string of the molecule is COc1ccc(N2CCN(c3ncnc4[nH]ncc34)CC2)cc1F. The number of anilines is 2. The zero-order valence-electron chi connectivity index (χ0n) is 13.2. The summed E-state index contributed by atoms with van der Waals surface area (Å²) in [6, 6.07) is 5.07. The zero-order chi connectivity index (χ0) is 16.5. The maximum atomic E-state index is 13.9. The minimum Gasteiger partial charge on any atom is -0.494 e. The predicted molar refractivity (Wildman–Crippen MR) is 89.1 cm³/mol. The molecule has 0 atom stereocenters. The second-order valence-corrected chi connectivity index (χ2v) is 5.62. The van der Waals surface area contributed by atoms with Crippen molar-refractivity contribution in [1.82, 2.24) is 20.2 Å². The highest BCUT2D eigenvalue weighted by Gasteiger charge is 2.21.